The van der Waals surface area contributed by atoms with Crippen molar-refractivity contribution in [2.24, 2.45) is 17.8 Å². The van der Waals surface area contributed by atoms with Crippen molar-refractivity contribution in [3.8, 4) is 0 Å². The quantitative estimate of drug-likeness (QED) is 0.398. The van der Waals surface area contributed by atoms with Crippen molar-refractivity contribution in [3.05, 3.63) is 27.7 Å². The van der Waals surface area contributed by atoms with E-state index in [4.69, 9.17) is 0 Å². The summed E-state index contributed by atoms with van der Waals surface area (Å²) in [6.45, 7) is 28.2. The van der Waals surface area contributed by atoms with Gasteiger partial charge in [-0.15, -0.1) is 0 Å². The van der Waals surface area contributed by atoms with Crippen molar-refractivity contribution >= 4 is 0 Å². The fourth-order valence-corrected chi connectivity index (χ4v) is 0. The van der Waals surface area contributed by atoms with Crippen LogP contribution in [-0.2, 0) is 25.8 Å². The van der Waals surface area contributed by atoms with Gasteiger partial charge in [-0.25, -0.2) is 0 Å². The van der Waals surface area contributed by atoms with Crippen LogP contribution < -0.4 is 0 Å². The molecule has 0 amide bonds. The van der Waals surface area contributed by atoms with Gasteiger partial charge in [-0.1, -0.05) is 41.5 Å². The molecule has 0 saturated heterocycles. The Morgan fingerprint density at radius 3 is 0.533 bits per heavy atom. The standard InChI is InChI=1S/3C4H9.C2H5.Hf/c3*1-4(2)3;1-2;/h3*4H,1H2,2-3H3;1H2,2H3;/q4*-1;+4. The average Bonchev–Trinajstić information content (AvgIpc) is 1.86. The first-order valence-electron chi connectivity index (χ1n) is 5.40. The van der Waals surface area contributed by atoms with Gasteiger partial charge in [-0.2, -0.15) is 24.7 Å². The van der Waals surface area contributed by atoms with Crippen LogP contribution in [0.2, 0.25) is 0 Å². The summed E-state index contributed by atoms with van der Waals surface area (Å²) in [5.74, 6) is 1.75. The molecule has 0 aromatic rings. The van der Waals surface area contributed by atoms with Crippen molar-refractivity contribution in [3.63, 3.8) is 0 Å². The Labute approximate surface area is 119 Å². The van der Waals surface area contributed by atoms with Gasteiger partial charge in [0.2, 0.25) is 0 Å². The van der Waals surface area contributed by atoms with Crippen molar-refractivity contribution in [1.29, 1.82) is 0 Å². The minimum Gasteiger partial charge on any atom is -0.346 e. The van der Waals surface area contributed by atoms with Crippen molar-refractivity contribution < 1.29 is 25.8 Å². The molecule has 0 nitrogen and oxygen atoms in total. The van der Waals surface area contributed by atoms with E-state index in [2.05, 4.69) is 69.2 Å². The smallest absolute Gasteiger partial charge is 0.346 e. The van der Waals surface area contributed by atoms with Gasteiger partial charge >= 0.3 is 25.8 Å². The number of hydrogen-bond donors (Lipinski definition) is 0. The summed E-state index contributed by atoms with van der Waals surface area (Å²) in [4.78, 5) is 0. The van der Waals surface area contributed by atoms with Crippen molar-refractivity contribution in [2.45, 2.75) is 48.5 Å². The molecule has 0 radical (unpaired) electrons. The van der Waals surface area contributed by atoms with Crippen LogP contribution in [0.5, 0.6) is 0 Å². The zero-order valence-corrected chi connectivity index (χ0v) is 15.7. The van der Waals surface area contributed by atoms with E-state index in [1.807, 2.05) is 0 Å². The average molecular weight is 379 g/mol. The maximum Gasteiger partial charge on any atom is 4.00 e. The molecule has 0 heterocycles. The fraction of sp³-hybridized carbons (Fsp3) is 0.714. The van der Waals surface area contributed by atoms with E-state index in [0.717, 1.165) is 0 Å². The molecule has 92 valence electrons. The molecule has 0 saturated carbocycles. The minimum absolute atomic E-state index is 0. The van der Waals surface area contributed by atoms with E-state index >= 15 is 0 Å². The van der Waals surface area contributed by atoms with Gasteiger partial charge in [0.05, 0.1) is 0 Å². The molecule has 1 heteroatoms. The van der Waals surface area contributed by atoms with Gasteiger partial charge in [-0.3, -0.25) is 0 Å². The maximum atomic E-state index is 3.64. The molecule has 0 aromatic heterocycles. The fourth-order valence-electron chi connectivity index (χ4n) is 0. The zero-order valence-electron chi connectivity index (χ0n) is 12.1. The molecular formula is C14H32Hf. The molecule has 0 aliphatic heterocycles. The monoisotopic (exact) mass is 380 g/mol. The Hall–Kier alpha value is 0.870. The molecule has 0 aromatic carbocycles. The molecule has 0 aliphatic carbocycles. The Balaban J connectivity index is -0.0000000298. The van der Waals surface area contributed by atoms with Crippen LogP contribution in [-0.4, -0.2) is 0 Å². The maximum absolute atomic E-state index is 3.64. The molecule has 0 fully saturated rings. The molecule has 0 bridgehead atoms. The van der Waals surface area contributed by atoms with Crippen molar-refractivity contribution in [2.75, 3.05) is 0 Å². The van der Waals surface area contributed by atoms with Crippen LogP contribution in [0.15, 0.2) is 0 Å². The van der Waals surface area contributed by atoms with E-state index in [1.165, 1.54) is 0 Å². The van der Waals surface area contributed by atoms with Crippen LogP contribution in [0, 0.1) is 45.4 Å². The van der Waals surface area contributed by atoms with Gasteiger partial charge < -0.3 is 27.7 Å². The normalized spacial score (nSPS) is 7.60. The second-order valence-corrected chi connectivity index (χ2v) is 4.18. The van der Waals surface area contributed by atoms with Crippen LogP contribution in [0.3, 0.4) is 0 Å². The Morgan fingerprint density at radius 2 is 0.533 bits per heavy atom. The molecule has 0 rings (SSSR count). The molecule has 0 spiro atoms. The number of rotatable bonds is 0. The van der Waals surface area contributed by atoms with E-state index in [0.29, 0.717) is 17.8 Å². The second kappa shape index (κ2) is 29.4. The van der Waals surface area contributed by atoms with Crippen LogP contribution in [0.1, 0.15) is 48.5 Å². The SMILES string of the molecule is [CH2-]C.[CH2-]C(C)C.[CH2-]C(C)C.[CH2-]C(C)C.[Hf+4]. The molecule has 0 aliphatic rings. The topological polar surface area (TPSA) is 0 Å². The Bertz CT molecular complexity index is 33.8. The second-order valence-electron chi connectivity index (χ2n) is 4.18. The molecule has 0 atom stereocenters. The number of hydrogen-bond acceptors (Lipinski definition) is 0. The zero-order chi connectivity index (χ0) is 12.7. The predicted molar refractivity (Wildman–Crippen MR) is 71.6 cm³/mol. The third-order valence-electron chi connectivity index (χ3n) is 0. The third kappa shape index (κ3) is 3250. The van der Waals surface area contributed by atoms with Crippen molar-refractivity contribution in [1.82, 2.24) is 0 Å². The molecule has 0 N–H and O–H groups in total. The minimum atomic E-state index is 0. The molecule has 15 heavy (non-hydrogen) atoms. The summed E-state index contributed by atoms with van der Waals surface area (Å²) in [5, 5.41) is 0. The van der Waals surface area contributed by atoms with Gasteiger partial charge in [-0.05, 0) is 0 Å². The van der Waals surface area contributed by atoms with E-state index in [9.17, 15) is 0 Å². The summed E-state index contributed by atoms with van der Waals surface area (Å²) in [7, 11) is 0. The van der Waals surface area contributed by atoms with Gasteiger partial charge in [0.15, 0.2) is 0 Å². The predicted octanol–water partition coefficient (Wildman–Crippen LogP) is 5.27. The first kappa shape index (κ1) is 29.7. The Morgan fingerprint density at radius 1 is 0.533 bits per heavy atom. The first-order valence-corrected chi connectivity index (χ1v) is 5.40. The van der Waals surface area contributed by atoms with E-state index in [1.54, 1.807) is 6.92 Å². The Kier molecular flexibility index (Phi) is 58.1. The molecular weight excluding hydrogens is 347 g/mol. The van der Waals surface area contributed by atoms with E-state index < -0.39 is 0 Å². The van der Waals surface area contributed by atoms with Gasteiger partial charge in [0.25, 0.3) is 0 Å². The largest absolute Gasteiger partial charge is 4.00 e. The summed E-state index contributed by atoms with van der Waals surface area (Å²) in [6.07, 6.45) is 0. The summed E-state index contributed by atoms with van der Waals surface area (Å²) >= 11 is 0. The molecule has 0 unspecified atom stereocenters. The summed E-state index contributed by atoms with van der Waals surface area (Å²) in [6, 6.07) is 0. The third-order valence-corrected chi connectivity index (χ3v) is 0. The summed E-state index contributed by atoms with van der Waals surface area (Å²) in [5.41, 5.74) is 0. The van der Waals surface area contributed by atoms with Crippen LogP contribution in [0.25, 0.3) is 0 Å². The summed E-state index contributed by atoms with van der Waals surface area (Å²) < 4.78 is 0. The van der Waals surface area contributed by atoms with Crippen LogP contribution in [0.4, 0.5) is 0 Å². The first-order chi connectivity index (χ1) is 6.20. The van der Waals surface area contributed by atoms with Gasteiger partial charge in [0, 0.05) is 0 Å². The van der Waals surface area contributed by atoms with Crippen LogP contribution >= 0.6 is 0 Å². The van der Waals surface area contributed by atoms with E-state index in [-0.39, 0.29) is 25.8 Å². The van der Waals surface area contributed by atoms with Gasteiger partial charge in [0.1, 0.15) is 0 Å².